The average molecular weight is 541 g/mol. The van der Waals surface area contributed by atoms with Crippen LogP contribution in [0.3, 0.4) is 0 Å². The van der Waals surface area contributed by atoms with E-state index in [0.717, 1.165) is 71.7 Å². The molecule has 4 heterocycles. The van der Waals surface area contributed by atoms with Crippen molar-refractivity contribution in [2.75, 3.05) is 50.5 Å². The summed E-state index contributed by atoms with van der Waals surface area (Å²) in [4.78, 5) is 20.4. The van der Waals surface area contributed by atoms with E-state index in [4.69, 9.17) is 4.98 Å². The van der Waals surface area contributed by atoms with E-state index in [2.05, 4.69) is 112 Å². The molecule has 188 valence electrons. The van der Waals surface area contributed by atoms with Crippen LogP contribution in [0.25, 0.3) is 22.6 Å². The number of piperazine rings is 1. The Balaban J connectivity index is 1.40. The van der Waals surface area contributed by atoms with Gasteiger partial charge in [-0.15, -0.1) is 0 Å². The van der Waals surface area contributed by atoms with Crippen LogP contribution in [0.5, 0.6) is 0 Å². The molecule has 0 atom stereocenters. The Bertz CT molecular complexity index is 1170. The molecule has 2 aliphatic heterocycles. The second kappa shape index (κ2) is 9.05. The lowest BCUT2D eigenvalue weighted by molar-refractivity contribution is -0.00766. The van der Waals surface area contributed by atoms with Gasteiger partial charge in [0.25, 0.3) is 0 Å². The molecular weight excluding hydrogens is 502 g/mol. The number of halogens is 1. The summed E-state index contributed by atoms with van der Waals surface area (Å²) in [5, 5.41) is 3.84. The van der Waals surface area contributed by atoms with Crippen molar-refractivity contribution in [3.63, 3.8) is 0 Å². The fourth-order valence-electron chi connectivity index (χ4n) is 5.78. The molecule has 2 saturated heterocycles. The van der Waals surface area contributed by atoms with E-state index in [-0.39, 0.29) is 11.1 Å². The number of pyridine rings is 1. The van der Waals surface area contributed by atoms with Gasteiger partial charge in [-0.05, 0) is 94.8 Å². The zero-order valence-corrected chi connectivity index (χ0v) is 23.4. The monoisotopic (exact) mass is 539 g/mol. The maximum Gasteiger partial charge on any atom is 0.159 e. The van der Waals surface area contributed by atoms with Gasteiger partial charge in [0.2, 0.25) is 0 Å². The van der Waals surface area contributed by atoms with Crippen LogP contribution in [0.2, 0.25) is 0 Å². The standard InChI is InChI=1S/C27H38BrN7/c1-26(2)15-19(16-27(3,4)34(26)6)30-22-21(28)17-29-25-23(22)31-24(32-25)18-7-9-20(10-8-18)35-13-11-33(5)12-14-35/h7-10,17,19H,11-16H2,1-6H3,(H2,29,30,31,32). The van der Waals surface area contributed by atoms with Crippen molar-refractivity contribution in [1.82, 2.24) is 24.8 Å². The van der Waals surface area contributed by atoms with Crippen molar-refractivity contribution in [3.05, 3.63) is 34.9 Å². The van der Waals surface area contributed by atoms with Gasteiger partial charge in [-0.3, -0.25) is 4.90 Å². The molecule has 5 rings (SSSR count). The number of anilines is 2. The normalized spacial score (nSPS) is 21.5. The third kappa shape index (κ3) is 4.80. The van der Waals surface area contributed by atoms with E-state index in [1.54, 1.807) is 0 Å². The highest BCUT2D eigenvalue weighted by atomic mass is 79.9. The van der Waals surface area contributed by atoms with Crippen LogP contribution in [0.15, 0.2) is 34.9 Å². The van der Waals surface area contributed by atoms with Gasteiger partial charge in [0.1, 0.15) is 11.3 Å². The zero-order valence-electron chi connectivity index (χ0n) is 21.8. The van der Waals surface area contributed by atoms with Gasteiger partial charge in [0.05, 0.1) is 10.2 Å². The first-order chi connectivity index (χ1) is 16.5. The first-order valence-electron chi connectivity index (χ1n) is 12.6. The molecule has 7 nitrogen and oxygen atoms in total. The van der Waals surface area contributed by atoms with Crippen molar-refractivity contribution in [3.8, 4) is 11.4 Å². The smallest absolute Gasteiger partial charge is 0.159 e. The molecule has 0 unspecified atom stereocenters. The topological polar surface area (TPSA) is 63.3 Å². The number of hydrogen-bond acceptors (Lipinski definition) is 6. The Labute approximate surface area is 217 Å². The minimum atomic E-state index is 0.111. The summed E-state index contributed by atoms with van der Waals surface area (Å²) in [5.41, 5.74) is 5.28. The molecule has 2 fully saturated rings. The van der Waals surface area contributed by atoms with Crippen LogP contribution < -0.4 is 10.2 Å². The molecule has 0 radical (unpaired) electrons. The van der Waals surface area contributed by atoms with E-state index < -0.39 is 0 Å². The lowest BCUT2D eigenvalue weighted by atomic mass is 9.77. The number of likely N-dealkylation sites (N-methyl/N-ethyl adjacent to an activating group) is 1. The number of aromatic nitrogens is 3. The van der Waals surface area contributed by atoms with Gasteiger partial charge in [0.15, 0.2) is 5.65 Å². The van der Waals surface area contributed by atoms with Gasteiger partial charge >= 0.3 is 0 Å². The molecule has 0 saturated carbocycles. The fraction of sp³-hybridized carbons (Fsp3) is 0.556. The van der Waals surface area contributed by atoms with Gasteiger partial charge in [-0.25, -0.2) is 9.97 Å². The number of benzene rings is 1. The maximum absolute atomic E-state index is 5.01. The predicted molar refractivity (Wildman–Crippen MR) is 149 cm³/mol. The number of piperidine rings is 1. The van der Waals surface area contributed by atoms with Gasteiger partial charge in [-0.2, -0.15) is 0 Å². The molecule has 0 bridgehead atoms. The predicted octanol–water partition coefficient (Wildman–Crippen LogP) is 5.20. The number of hydrogen-bond donors (Lipinski definition) is 2. The fourth-order valence-corrected chi connectivity index (χ4v) is 6.18. The average Bonchev–Trinajstić information content (AvgIpc) is 3.24. The minimum Gasteiger partial charge on any atom is -0.379 e. The molecule has 0 spiro atoms. The zero-order chi connectivity index (χ0) is 25.0. The van der Waals surface area contributed by atoms with Crippen LogP contribution in [-0.4, -0.2) is 82.1 Å². The summed E-state index contributed by atoms with van der Waals surface area (Å²) in [5.74, 6) is 0.850. The number of imidazole rings is 1. The Hall–Kier alpha value is -2.16. The van der Waals surface area contributed by atoms with E-state index in [9.17, 15) is 0 Å². The first-order valence-corrected chi connectivity index (χ1v) is 13.4. The molecule has 2 aromatic heterocycles. The highest BCUT2D eigenvalue weighted by Gasteiger charge is 2.43. The SMILES string of the molecule is CN1CCN(c2ccc(-c3nc4c(NC5CC(C)(C)N(C)C(C)(C)C5)c(Br)cnc4[nH]3)cc2)CC1. The Morgan fingerprint density at radius 2 is 1.60 bits per heavy atom. The number of rotatable bonds is 4. The van der Waals surface area contributed by atoms with Crippen LogP contribution in [-0.2, 0) is 0 Å². The first kappa shape index (κ1) is 24.5. The number of nitrogens with one attached hydrogen (secondary N) is 2. The highest BCUT2D eigenvalue weighted by Crippen LogP contribution is 2.40. The van der Waals surface area contributed by atoms with Crippen molar-refractivity contribution in [1.29, 1.82) is 0 Å². The molecular formula is C27H38BrN7. The summed E-state index contributed by atoms with van der Waals surface area (Å²) >= 11 is 3.74. The number of H-pyrrole nitrogens is 1. The van der Waals surface area contributed by atoms with E-state index >= 15 is 0 Å². The molecule has 3 aromatic rings. The number of fused-ring (bicyclic) bond motifs is 1. The third-order valence-electron chi connectivity index (χ3n) is 8.13. The number of aromatic amines is 1. The lowest BCUT2D eigenvalue weighted by Crippen LogP contribution is -2.61. The second-order valence-electron chi connectivity index (χ2n) is 11.5. The maximum atomic E-state index is 5.01. The second-order valence-corrected chi connectivity index (χ2v) is 12.4. The van der Waals surface area contributed by atoms with Crippen LogP contribution in [0.4, 0.5) is 11.4 Å². The summed E-state index contributed by atoms with van der Waals surface area (Å²) in [6, 6.07) is 9.09. The van der Waals surface area contributed by atoms with E-state index in [1.807, 2.05) is 6.20 Å². The quantitative estimate of drug-likeness (QED) is 0.474. The Morgan fingerprint density at radius 1 is 0.971 bits per heavy atom. The van der Waals surface area contributed by atoms with Crippen molar-refractivity contribution >= 4 is 38.5 Å². The van der Waals surface area contributed by atoms with Crippen molar-refractivity contribution in [2.24, 2.45) is 0 Å². The Kier molecular flexibility index (Phi) is 6.34. The largest absolute Gasteiger partial charge is 0.379 e. The summed E-state index contributed by atoms with van der Waals surface area (Å²) in [6.45, 7) is 13.7. The molecule has 1 aromatic carbocycles. The molecule has 2 N–H and O–H groups in total. The number of likely N-dealkylation sites (tertiary alicyclic amines) is 1. The molecule has 2 aliphatic rings. The lowest BCUT2D eigenvalue weighted by Gasteiger charge is -2.54. The van der Waals surface area contributed by atoms with Crippen LogP contribution >= 0.6 is 15.9 Å². The molecule has 0 aliphatic carbocycles. The number of nitrogens with zero attached hydrogens (tertiary/aromatic N) is 5. The van der Waals surface area contributed by atoms with Gasteiger partial charge in [0, 0.05) is 60.7 Å². The van der Waals surface area contributed by atoms with Gasteiger partial charge < -0.3 is 20.1 Å². The molecule has 8 heteroatoms. The van der Waals surface area contributed by atoms with E-state index in [1.165, 1.54) is 5.69 Å². The molecule has 35 heavy (non-hydrogen) atoms. The van der Waals surface area contributed by atoms with Crippen molar-refractivity contribution in [2.45, 2.75) is 57.7 Å². The van der Waals surface area contributed by atoms with E-state index in [0.29, 0.717) is 6.04 Å². The van der Waals surface area contributed by atoms with Crippen molar-refractivity contribution < 1.29 is 0 Å². The summed E-state index contributed by atoms with van der Waals surface area (Å²) in [6.07, 6.45) is 4.00. The summed E-state index contributed by atoms with van der Waals surface area (Å²) in [7, 11) is 4.43. The highest BCUT2D eigenvalue weighted by molar-refractivity contribution is 9.10. The van der Waals surface area contributed by atoms with Crippen LogP contribution in [0, 0.1) is 0 Å². The molecule has 0 amide bonds. The minimum absolute atomic E-state index is 0.111. The van der Waals surface area contributed by atoms with Crippen LogP contribution in [0.1, 0.15) is 40.5 Å². The third-order valence-corrected chi connectivity index (χ3v) is 8.73. The summed E-state index contributed by atoms with van der Waals surface area (Å²) < 4.78 is 0.947. The Morgan fingerprint density at radius 3 is 2.23 bits per heavy atom. The van der Waals surface area contributed by atoms with Gasteiger partial charge in [-0.1, -0.05) is 0 Å².